The van der Waals surface area contributed by atoms with Crippen LogP contribution in [0.2, 0.25) is 0 Å². The summed E-state index contributed by atoms with van der Waals surface area (Å²) in [5.41, 5.74) is 3.30. The molecule has 3 saturated heterocycles. The van der Waals surface area contributed by atoms with Crippen LogP contribution in [0.25, 0.3) is 0 Å². The van der Waals surface area contributed by atoms with Gasteiger partial charge in [0, 0.05) is 77.2 Å². The minimum atomic E-state index is -0.168. The smallest absolute Gasteiger partial charge is 0.229 e. The maximum atomic E-state index is 14.4. The van der Waals surface area contributed by atoms with E-state index < -0.39 is 0 Å². The summed E-state index contributed by atoms with van der Waals surface area (Å²) in [6.07, 6.45) is 0. The van der Waals surface area contributed by atoms with E-state index in [9.17, 15) is 4.39 Å². The van der Waals surface area contributed by atoms with Crippen molar-refractivity contribution >= 4 is 29.0 Å². The van der Waals surface area contributed by atoms with E-state index in [4.69, 9.17) is 14.7 Å². The molecule has 4 heterocycles. The lowest BCUT2D eigenvalue weighted by Gasteiger charge is -2.39. The van der Waals surface area contributed by atoms with Crippen molar-refractivity contribution in [2.24, 2.45) is 0 Å². The maximum absolute atomic E-state index is 14.4. The molecule has 0 saturated carbocycles. The largest absolute Gasteiger partial charge is 0.378 e. The number of nitrogens with zero attached hydrogens (tertiary/aromatic N) is 7. The third kappa shape index (κ3) is 5.20. The van der Waals surface area contributed by atoms with E-state index in [1.807, 2.05) is 12.1 Å². The molecule has 3 aliphatic rings. The molecule has 0 radical (unpaired) electrons. The first kappa shape index (κ1) is 24.7. The van der Waals surface area contributed by atoms with Gasteiger partial charge in [0.2, 0.25) is 5.95 Å². The van der Waals surface area contributed by atoms with E-state index in [-0.39, 0.29) is 5.82 Å². The van der Waals surface area contributed by atoms with E-state index >= 15 is 0 Å². The van der Waals surface area contributed by atoms with Gasteiger partial charge in [-0.25, -0.2) is 4.39 Å². The Bertz CT molecular complexity index is 1150. The molecule has 2 aromatic carbocycles. The molecule has 200 valence electrons. The molecular weight excluding hydrogens is 481 g/mol. The SMILES string of the molecule is Cc1ccccc1N1CCN(c2cc(N3CCOCC3)nc(N3CCN(c4ccccc4F)CC3)n2)CC1. The number of halogens is 1. The molecule has 0 N–H and O–H groups in total. The third-order valence-corrected chi connectivity index (χ3v) is 7.84. The van der Waals surface area contributed by atoms with Crippen LogP contribution in [-0.4, -0.2) is 88.6 Å². The van der Waals surface area contributed by atoms with E-state index in [0.29, 0.717) is 18.9 Å². The lowest BCUT2D eigenvalue weighted by molar-refractivity contribution is 0.122. The molecule has 8 nitrogen and oxygen atoms in total. The Morgan fingerprint density at radius 1 is 0.605 bits per heavy atom. The molecule has 6 rings (SSSR count). The Balaban J connectivity index is 1.20. The number of morpholine rings is 1. The lowest BCUT2D eigenvalue weighted by atomic mass is 10.1. The van der Waals surface area contributed by atoms with E-state index in [1.165, 1.54) is 17.3 Å². The van der Waals surface area contributed by atoms with Crippen molar-refractivity contribution in [2.75, 3.05) is 103 Å². The Labute approximate surface area is 224 Å². The van der Waals surface area contributed by atoms with Crippen LogP contribution in [0.3, 0.4) is 0 Å². The summed E-state index contributed by atoms with van der Waals surface area (Å²) in [7, 11) is 0. The number of aryl methyl sites for hydroxylation is 1. The summed E-state index contributed by atoms with van der Waals surface area (Å²) in [6, 6.07) is 17.8. The number of aromatic nitrogens is 2. The van der Waals surface area contributed by atoms with Gasteiger partial charge in [-0.2, -0.15) is 9.97 Å². The van der Waals surface area contributed by atoms with E-state index in [1.54, 1.807) is 6.07 Å². The van der Waals surface area contributed by atoms with Crippen LogP contribution in [0.15, 0.2) is 54.6 Å². The first-order valence-electron chi connectivity index (χ1n) is 13.7. The normalized spacial score (nSPS) is 18.7. The fourth-order valence-electron chi connectivity index (χ4n) is 5.62. The minimum absolute atomic E-state index is 0.168. The Morgan fingerprint density at radius 3 is 1.74 bits per heavy atom. The second-order valence-corrected chi connectivity index (χ2v) is 10.2. The molecule has 0 unspecified atom stereocenters. The fraction of sp³-hybridized carbons (Fsp3) is 0.448. The second-order valence-electron chi connectivity index (χ2n) is 10.2. The fourth-order valence-corrected chi connectivity index (χ4v) is 5.62. The average Bonchev–Trinajstić information content (AvgIpc) is 2.98. The summed E-state index contributed by atoms with van der Waals surface area (Å²) < 4.78 is 20.0. The van der Waals surface area contributed by atoms with Crippen LogP contribution in [0.4, 0.5) is 33.3 Å². The number of piperazine rings is 2. The Kier molecular flexibility index (Phi) is 7.18. The van der Waals surface area contributed by atoms with Gasteiger partial charge in [-0.3, -0.25) is 0 Å². The standard InChI is InChI=1S/C29H36FN7O/c1-23-6-2-4-8-25(23)33-10-14-35(15-11-33)27-22-28(36-18-20-38-21-19-36)32-29(31-27)37-16-12-34(13-17-37)26-9-5-3-7-24(26)30/h2-9,22H,10-21H2,1H3. The van der Waals surface area contributed by atoms with Crippen LogP contribution in [0, 0.1) is 12.7 Å². The molecule has 0 amide bonds. The van der Waals surface area contributed by atoms with Crippen molar-refractivity contribution in [3.63, 3.8) is 0 Å². The summed E-state index contributed by atoms with van der Waals surface area (Å²) in [5.74, 6) is 2.54. The second kappa shape index (κ2) is 11.0. The molecule has 38 heavy (non-hydrogen) atoms. The number of hydrogen-bond donors (Lipinski definition) is 0. The number of hydrogen-bond acceptors (Lipinski definition) is 8. The zero-order chi connectivity index (χ0) is 25.9. The van der Waals surface area contributed by atoms with Gasteiger partial charge < -0.3 is 29.2 Å². The van der Waals surface area contributed by atoms with Crippen molar-refractivity contribution in [2.45, 2.75) is 6.92 Å². The predicted octanol–water partition coefficient (Wildman–Crippen LogP) is 3.41. The summed E-state index contributed by atoms with van der Waals surface area (Å²) in [5, 5.41) is 0. The number of rotatable bonds is 5. The topological polar surface area (TPSA) is 51.2 Å². The quantitative estimate of drug-likeness (QED) is 0.511. The van der Waals surface area contributed by atoms with E-state index in [0.717, 1.165) is 83.0 Å². The van der Waals surface area contributed by atoms with Crippen molar-refractivity contribution < 1.29 is 9.13 Å². The monoisotopic (exact) mass is 517 g/mol. The van der Waals surface area contributed by atoms with Crippen molar-refractivity contribution in [1.82, 2.24) is 9.97 Å². The summed E-state index contributed by atoms with van der Waals surface area (Å²) in [6.45, 7) is 12.0. The number of para-hydroxylation sites is 2. The summed E-state index contributed by atoms with van der Waals surface area (Å²) in [4.78, 5) is 21.6. The van der Waals surface area contributed by atoms with E-state index in [2.05, 4.69) is 61.8 Å². The average molecular weight is 518 g/mol. The molecule has 1 aromatic heterocycles. The van der Waals surface area contributed by atoms with Crippen LogP contribution in [-0.2, 0) is 4.74 Å². The Morgan fingerprint density at radius 2 is 1.11 bits per heavy atom. The zero-order valence-corrected chi connectivity index (χ0v) is 22.1. The molecule has 3 fully saturated rings. The predicted molar refractivity (Wildman–Crippen MR) is 151 cm³/mol. The van der Waals surface area contributed by atoms with Gasteiger partial charge in [0.05, 0.1) is 18.9 Å². The maximum Gasteiger partial charge on any atom is 0.229 e. The van der Waals surface area contributed by atoms with Crippen LogP contribution < -0.4 is 24.5 Å². The molecular formula is C29H36FN7O. The Hall–Kier alpha value is -3.59. The molecule has 9 heteroatoms. The van der Waals surface area contributed by atoms with Gasteiger partial charge in [-0.1, -0.05) is 30.3 Å². The number of benzene rings is 2. The highest BCUT2D eigenvalue weighted by molar-refractivity contribution is 5.59. The minimum Gasteiger partial charge on any atom is -0.378 e. The molecule has 0 spiro atoms. The first-order chi connectivity index (χ1) is 18.7. The molecule has 3 aliphatic heterocycles. The van der Waals surface area contributed by atoms with Crippen LogP contribution in [0.1, 0.15) is 5.56 Å². The first-order valence-corrected chi connectivity index (χ1v) is 13.7. The van der Waals surface area contributed by atoms with Gasteiger partial charge in [0.25, 0.3) is 0 Å². The van der Waals surface area contributed by atoms with Crippen LogP contribution in [0.5, 0.6) is 0 Å². The summed E-state index contributed by atoms with van der Waals surface area (Å²) >= 11 is 0. The highest BCUT2D eigenvalue weighted by Gasteiger charge is 2.26. The van der Waals surface area contributed by atoms with Crippen molar-refractivity contribution in [3.05, 3.63) is 66.0 Å². The van der Waals surface area contributed by atoms with Crippen molar-refractivity contribution in [1.29, 1.82) is 0 Å². The van der Waals surface area contributed by atoms with Gasteiger partial charge >= 0.3 is 0 Å². The zero-order valence-electron chi connectivity index (χ0n) is 22.1. The lowest BCUT2D eigenvalue weighted by Crippen LogP contribution is -2.48. The molecule has 3 aromatic rings. The van der Waals surface area contributed by atoms with Crippen molar-refractivity contribution in [3.8, 4) is 0 Å². The van der Waals surface area contributed by atoms with Gasteiger partial charge in [0.15, 0.2) is 0 Å². The number of ether oxygens (including phenoxy) is 1. The molecule has 0 aliphatic carbocycles. The van der Waals surface area contributed by atoms with Gasteiger partial charge in [-0.15, -0.1) is 0 Å². The highest BCUT2D eigenvalue weighted by atomic mass is 19.1. The van der Waals surface area contributed by atoms with Gasteiger partial charge in [-0.05, 0) is 30.7 Å². The highest BCUT2D eigenvalue weighted by Crippen LogP contribution is 2.28. The van der Waals surface area contributed by atoms with Crippen LogP contribution >= 0.6 is 0 Å². The molecule has 0 atom stereocenters. The third-order valence-electron chi connectivity index (χ3n) is 7.84. The number of anilines is 5. The van der Waals surface area contributed by atoms with Gasteiger partial charge in [0.1, 0.15) is 17.5 Å². The molecule has 0 bridgehead atoms.